The molecule has 0 heterocycles. The molecule has 0 aliphatic rings. The molecule has 0 bridgehead atoms. The molecule has 2 amide bonds. The van der Waals surface area contributed by atoms with Gasteiger partial charge in [0, 0.05) is 18.5 Å². The number of benzene rings is 1. The summed E-state index contributed by atoms with van der Waals surface area (Å²) in [7, 11) is 0. The normalized spacial score (nSPS) is 10.1. The smallest absolute Gasteiger partial charge is 0.248 e. The van der Waals surface area contributed by atoms with Crippen molar-refractivity contribution in [2.24, 2.45) is 5.73 Å². The zero-order valence-corrected chi connectivity index (χ0v) is 10.7. The fraction of sp³-hybridized carbons (Fsp3) is 0.429. The van der Waals surface area contributed by atoms with E-state index in [0.29, 0.717) is 18.5 Å². The summed E-state index contributed by atoms with van der Waals surface area (Å²) in [6.45, 7) is 2.54. The Labute approximate surface area is 108 Å². The number of amides is 2. The molecule has 0 aliphatic heterocycles. The van der Waals surface area contributed by atoms with Crippen molar-refractivity contribution < 1.29 is 9.59 Å². The van der Waals surface area contributed by atoms with Gasteiger partial charge in [0.25, 0.3) is 0 Å². The third-order valence-corrected chi connectivity index (χ3v) is 2.71. The minimum atomic E-state index is -0.453. The highest BCUT2D eigenvalue weighted by Crippen LogP contribution is 2.05. The van der Waals surface area contributed by atoms with Gasteiger partial charge in [0.05, 0.1) is 0 Å². The Morgan fingerprint density at radius 2 is 2.06 bits per heavy atom. The van der Waals surface area contributed by atoms with Crippen molar-refractivity contribution >= 4 is 11.8 Å². The molecule has 0 radical (unpaired) electrons. The molecule has 0 aliphatic carbocycles. The Bertz CT molecular complexity index is 416. The van der Waals surface area contributed by atoms with E-state index in [9.17, 15) is 9.59 Å². The van der Waals surface area contributed by atoms with Gasteiger partial charge in [-0.15, -0.1) is 0 Å². The van der Waals surface area contributed by atoms with Gasteiger partial charge in [0.15, 0.2) is 0 Å². The van der Waals surface area contributed by atoms with Gasteiger partial charge in [-0.05, 0) is 24.1 Å². The minimum absolute atomic E-state index is 0.0490. The molecule has 18 heavy (non-hydrogen) atoms. The van der Waals surface area contributed by atoms with E-state index in [1.807, 2.05) is 6.07 Å². The third-order valence-electron chi connectivity index (χ3n) is 2.71. The minimum Gasteiger partial charge on any atom is -0.366 e. The summed E-state index contributed by atoms with van der Waals surface area (Å²) in [6.07, 6.45) is 3.66. The van der Waals surface area contributed by atoms with Gasteiger partial charge in [-0.2, -0.15) is 0 Å². The number of primary amides is 1. The topological polar surface area (TPSA) is 72.2 Å². The predicted molar refractivity (Wildman–Crippen MR) is 70.9 cm³/mol. The zero-order valence-electron chi connectivity index (χ0n) is 10.7. The number of hydrogen-bond donors (Lipinski definition) is 2. The molecule has 98 valence electrons. The van der Waals surface area contributed by atoms with E-state index in [0.717, 1.165) is 24.8 Å². The van der Waals surface area contributed by atoms with E-state index in [4.69, 9.17) is 5.73 Å². The van der Waals surface area contributed by atoms with Crippen LogP contribution in [0.25, 0.3) is 0 Å². The van der Waals surface area contributed by atoms with Gasteiger partial charge >= 0.3 is 0 Å². The SMILES string of the molecule is CCCCCC(=O)NCc1cccc(C(N)=O)c1. The lowest BCUT2D eigenvalue weighted by atomic mass is 10.1. The van der Waals surface area contributed by atoms with Gasteiger partial charge in [0.1, 0.15) is 0 Å². The number of nitrogens with one attached hydrogen (secondary N) is 1. The molecular formula is C14H20N2O2. The highest BCUT2D eigenvalue weighted by Gasteiger charge is 2.03. The maximum atomic E-state index is 11.5. The maximum absolute atomic E-state index is 11.5. The number of nitrogens with two attached hydrogens (primary N) is 1. The third kappa shape index (κ3) is 4.99. The molecule has 0 atom stereocenters. The van der Waals surface area contributed by atoms with Gasteiger partial charge in [0.2, 0.25) is 11.8 Å². The van der Waals surface area contributed by atoms with Crippen LogP contribution in [0, 0.1) is 0 Å². The van der Waals surface area contributed by atoms with Crippen LogP contribution < -0.4 is 11.1 Å². The Balaban J connectivity index is 2.41. The summed E-state index contributed by atoms with van der Waals surface area (Å²) in [5.41, 5.74) is 6.54. The number of unbranched alkanes of at least 4 members (excludes halogenated alkanes) is 2. The van der Waals surface area contributed by atoms with Crippen LogP contribution in [0.3, 0.4) is 0 Å². The van der Waals surface area contributed by atoms with Crippen molar-refractivity contribution in [2.45, 2.75) is 39.2 Å². The quantitative estimate of drug-likeness (QED) is 0.724. The van der Waals surface area contributed by atoms with Crippen molar-refractivity contribution in [2.75, 3.05) is 0 Å². The summed E-state index contributed by atoms with van der Waals surface area (Å²) >= 11 is 0. The largest absolute Gasteiger partial charge is 0.366 e. The molecule has 0 saturated carbocycles. The first-order valence-electron chi connectivity index (χ1n) is 6.29. The number of carbonyl (C=O) groups is 2. The molecule has 1 aromatic carbocycles. The van der Waals surface area contributed by atoms with Gasteiger partial charge in [-0.3, -0.25) is 9.59 Å². The molecule has 0 unspecified atom stereocenters. The van der Waals surface area contributed by atoms with Crippen molar-refractivity contribution in [3.63, 3.8) is 0 Å². The van der Waals surface area contributed by atoms with Crippen molar-refractivity contribution in [3.05, 3.63) is 35.4 Å². The molecule has 3 N–H and O–H groups in total. The van der Waals surface area contributed by atoms with Crippen LogP contribution in [0.4, 0.5) is 0 Å². The van der Waals surface area contributed by atoms with Crippen LogP contribution in [-0.2, 0) is 11.3 Å². The number of carbonyl (C=O) groups excluding carboxylic acids is 2. The van der Waals surface area contributed by atoms with Crippen LogP contribution >= 0.6 is 0 Å². The molecule has 4 nitrogen and oxygen atoms in total. The van der Waals surface area contributed by atoms with Gasteiger partial charge < -0.3 is 11.1 Å². The molecule has 0 aromatic heterocycles. The first-order chi connectivity index (χ1) is 8.63. The molecule has 4 heteroatoms. The van der Waals surface area contributed by atoms with E-state index in [-0.39, 0.29) is 5.91 Å². The summed E-state index contributed by atoms with van der Waals surface area (Å²) in [6, 6.07) is 6.99. The maximum Gasteiger partial charge on any atom is 0.248 e. The predicted octanol–water partition coefficient (Wildman–Crippen LogP) is 1.98. The standard InChI is InChI=1S/C14H20N2O2/c1-2-3-4-8-13(17)16-10-11-6-5-7-12(9-11)14(15)18/h5-7,9H,2-4,8,10H2,1H3,(H2,15,18)(H,16,17). The Kier molecular flexibility index (Phi) is 5.91. The molecule has 0 saturated heterocycles. The van der Waals surface area contributed by atoms with E-state index in [1.165, 1.54) is 0 Å². The zero-order chi connectivity index (χ0) is 13.4. The lowest BCUT2D eigenvalue weighted by molar-refractivity contribution is -0.121. The first kappa shape index (κ1) is 14.2. The summed E-state index contributed by atoms with van der Waals surface area (Å²) < 4.78 is 0. The summed E-state index contributed by atoms with van der Waals surface area (Å²) in [4.78, 5) is 22.5. The number of rotatable bonds is 7. The van der Waals surface area contributed by atoms with Crippen LogP contribution in [0.5, 0.6) is 0 Å². The molecular weight excluding hydrogens is 228 g/mol. The van der Waals surface area contributed by atoms with Crippen molar-refractivity contribution in [1.82, 2.24) is 5.32 Å². The second-order valence-corrected chi connectivity index (χ2v) is 4.30. The highest BCUT2D eigenvalue weighted by atomic mass is 16.1. The fourth-order valence-corrected chi connectivity index (χ4v) is 1.66. The monoisotopic (exact) mass is 248 g/mol. The van der Waals surface area contributed by atoms with Crippen LogP contribution in [0.2, 0.25) is 0 Å². The van der Waals surface area contributed by atoms with Gasteiger partial charge in [-0.1, -0.05) is 31.9 Å². The summed E-state index contributed by atoms with van der Waals surface area (Å²) in [5.74, 6) is -0.404. The van der Waals surface area contributed by atoms with Gasteiger partial charge in [-0.25, -0.2) is 0 Å². The Hall–Kier alpha value is -1.84. The van der Waals surface area contributed by atoms with Crippen molar-refractivity contribution in [3.8, 4) is 0 Å². The van der Waals surface area contributed by atoms with Crippen LogP contribution in [0.15, 0.2) is 24.3 Å². The fourth-order valence-electron chi connectivity index (χ4n) is 1.66. The van der Waals surface area contributed by atoms with Crippen LogP contribution in [-0.4, -0.2) is 11.8 Å². The highest BCUT2D eigenvalue weighted by molar-refractivity contribution is 5.92. The van der Waals surface area contributed by atoms with Crippen LogP contribution in [0.1, 0.15) is 48.5 Å². The van der Waals surface area contributed by atoms with Crippen molar-refractivity contribution in [1.29, 1.82) is 0 Å². The van der Waals surface area contributed by atoms with E-state index in [1.54, 1.807) is 18.2 Å². The lowest BCUT2D eigenvalue weighted by Gasteiger charge is -2.06. The second-order valence-electron chi connectivity index (χ2n) is 4.30. The molecule has 1 rings (SSSR count). The Morgan fingerprint density at radius 1 is 1.28 bits per heavy atom. The average molecular weight is 248 g/mol. The molecule has 0 fully saturated rings. The van der Waals surface area contributed by atoms with E-state index >= 15 is 0 Å². The molecule has 1 aromatic rings. The average Bonchev–Trinajstić information content (AvgIpc) is 2.37. The lowest BCUT2D eigenvalue weighted by Crippen LogP contribution is -2.22. The van der Waals surface area contributed by atoms with E-state index < -0.39 is 5.91 Å². The number of hydrogen-bond acceptors (Lipinski definition) is 2. The molecule has 0 spiro atoms. The van der Waals surface area contributed by atoms with E-state index in [2.05, 4.69) is 12.2 Å². The summed E-state index contributed by atoms with van der Waals surface area (Å²) in [5, 5.41) is 2.83. The first-order valence-corrected chi connectivity index (χ1v) is 6.29. The Morgan fingerprint density at radius 3 is 2.72 bits per heavy atom. The second kappa shape index (κ2) is 7.48.